The van der Waals surface area contributed by atoms with E-state index in [1.165, 1.54) is 12.1 Å². The van der Waals surface area contributed by atoms with Gasteiger partial charge in [-0.1, -0.05) is 23.8 Å². The molecule has 7 nitrogen and oxygen atoms in total. The zero-order valence-electron chi connectivity index (χ0n) is 12.6. The van der Waals surface area contributed by atoms with E-state index < -0.39 is 16.6 Å². The van der Waals surface area contributed by atoms with E-state index in [2.05, 4.69) is 5.32 Å². The number of alkyl carbamates (subject to hydrolysis) is 1. The number of rotatable bonds is 4. The third-order valence-electron chi connectivity index (χ3n) is 2.41. The lowest BCUT2D eigenvalue weighted by atomic mass is 10.1. The highest BCUT2D eigenvalue weighted by Crippen LogP contribution is 2.30. The number of benzene rings is 1. The predicted molar refractivity (Wildman–Crippen MR) is 85.8 cm³/mol. The Bertz CT molecular complexity index is 609. The first-order chi connectivity index (χ1) is 10.1. The molecule has 0 unspecified atom stereocenters. The van der Waals surface area contributed by atoms with Crippen molar-refractivity contribution in [2.75, 3.05) is 12.3 Å². The number of ether oxygens (including phenoxy) is 1. The fourth-order valence-electron chi connectivity index (χ4n) is 1.56. The number of hydrogen-bond acceptors (Lipinski definition) is 5. The van der Waals surface area contributed by atoms with Gasteiger partial charge in [0.2, 0.25) is 0 Å². The Labute approximate surface area is 133 Å². The zero-order valence-corrected chi connectivity index (χ0v) is 13.3. The minimum Gasteiger partial charge on any atom is -0.444 e. The van der Waals surface area contributed by atoms with Crippen molar-refractivity contribution >= 4 is 35.1 Å². The maximum absolute atomic E-state index is 11.4. The van der Waals surface area contributed by atoms with Crippen molar-refractivity contribution in [1.29, 1.82) is 0 Å². The quantitative estimate of drug-likeness (QED) is 0.501. The largest absolute Gasteiger partial charge is 0.444 e. The molecule has 0 aromatic heterocycles. The van der Waals surface area contributed by atoms with Gasteiger partial charge in [0.15, 0.2) is 0 Å². The van der Waals surface area contributed by atoms with Gasteiger partial charge in [-0.25, -0.2) is 4.79 Å². The third kappa shape index (κ3) is 5.61. The SMILES string of the molecule is CC(C)(C)OC(=O)NCC=Cc1cc(Cl)cc([N+](=O)[O-])c1N. The van der Waals surface area contributed by atoms with Crippen molar-refractivity contribution in [3.05, 3.63) is 38.9 Å². The number of nitrogens with one attached hydrogen (secondary N) is 1. The molecule has 3 N–H and O–H groups in total. The van der Waals surface area contributed by atoms with Crippen LogP contribution in [-0.2, 0) is 4.74 Å². The average Bonchev–Trinajstić information content (AvgIpc) is 2.35. The minimum absolute atomic E-state index is 0.0166. The lowest BCUT2D eigenvalue weighted by Crippen LogP contribution is -2.32. The lowest BCUT2D eigenvalue weighted by Gasteiger charge is -2.19. The summed E-state index contributed by atoms with van der Waals surface area (Å²) in [6, 6.07) is 2.70. The Hall–Kier alpha value is -2.28. The highest BCUT2D eigenvalue weighted by molar-refractivity contribution is 6.31. The van der Waals surface area contributed by atoms with Crippen LogP contribution in [0.1, 0.15) is 26.3 Å². The number of halogens is 1. The summed E-state index contributed by atoms with van der Waals surface area (Å²) in [4.78, 5) is 21.7. The maximum atomic E-state index is 11.4. The number of hydrogen-bond donors (Lipinski definition) is 2. The number of carbonyl (C=O) groups excluding carboxylic acids is 1. The smallest absolute Gasteiger partial charge is 0.407 e. The monoisotopic (exact) mass is 327 g/mol. The van der Waals surface area contributed by atoms with Crippen LogP contribution in [0.15, 0.2) is 18.2 Å². The predicted octanol–water partition coefficient (Wildman–Crippen LogP) is 3.37. The molecule has 0 saturated carbocycles. The second-order valence-electron chi connectivity index (χ2n) is 5.47. The van der Waals surface area contributed by atoms with Gasteiger partial charge in [-0.2, -0.15) is 0 Å². The van der Waals surface area contributed by atoms with Crippen LogP contribution >= 0.6 is 11.6 Å². The molecule has 0 aliphatic heterocycles. The lowest BCUT2D eigenvalue weighted by molar-refractivity contribution is -0.383. The molecule has 0 radical (unpaired) electrons. The molecule has 0 aliphatic carbocycles. The number of carbonyl (C=O) groups is 1. The summed E-state index contributed by atoms with van der Waals surface area (Å²) in [5, 5.41) is 13.6. The van der Waals surface area contributed by atoms with Gasteiger partial charge in [0, 0.05) is 23.2 Å². The van der Waals surface area contributed by atoms with Gasteiger partial charge in [-0.3, -0.25) is 10.1 Å². The number of amides is 1. The minimum atomic E-state index is -0.600. The second-order valence-corrected chi connectivity index (χ2v) is 5.91. The van der Waals surface area contributed by atoms with E-state index >= 15 is 0 Å². The number of nitrogens with zero attached hydrogens (tertiary/aromatic N) is 1. The van der Waals surface area contributed by atoms with Gasteiger partial charge in [0.1, 0.15) is 11.3 Å². The maximum Gasteiger partial charge on any atom is 0.407 e. The van der Waals surface area contributed by atoms with Crippen molar-refractivity contribution in [2.45, 2.75) is 26.4 Å². The van der Waals surface area contributed by atoms with Crippen LogP contribution in [0.3, 0.4) is 0 Å². The fraction of sp³-hybridized carbons (Fsp3) is 0.357. The summed E-state index contributed by atoms with van der Waals surface area (Å²) in [5.41, 5.74) is 5.30. The first-order valence-corrected chi connectivity index (χ1v) is 6.85. The number of nitro benzene ring substituents is 1. The van der Waals surface area contributed by atoms with E-state index in [0.29, 0.717) is 5.56 Å². The Morgan fingerprint density at radius 3 is 2.68 bits per heavy atom. The molecule has 0 saturated heterocycles. The van der Waals surface area contributed by atoms with Crippen LogP contribution in [0.5, 0.6) is 0 Å². The van der Waals surface area contributed by atoms with Crippen LogP contribution < -0.4 is 11.1 Å². The normalized spacial score (nSPS) is 11.5. The van der Waals surface area contributed by atoms with Gasteiger partial charge in [0.25, 0.3) is 5.69 Å². The Kier molecular flexibility index (Phi) is 5.76. The molecule has 0 bridgehead atoms. The zero-order chi connectivity index (χ0) is 16.9. The molecule has 1 amide bonds. The van der Waals surface area contributed by atoms with Crippen molar-refractivity contribution < 1.29 is 14.5 Å². The van der Waals surface area contributed by atoms with Gasteiger partial charge >= 0.3 is 6.09 Å². The highest BCUT2D eigenvalue weighted by atomic mass is 35.5. The fourth-order valence-corrected chi connectivity index (χ4v) is 1.78. The summed E-state index contributed by atoms with van der Waals surface area (Å²) >= 11 is 5.82. The average molecular weight is 328 g/mol. The molecule has 0 heterocycles. The molecule has 1 rings (SSSR count). The standard InChI is InChI=1S/C14H18ClN3O4/c1-14(2,3)22-13(19)17-6-4-5-9-7-10(15)8-11(12(9)16)18(20)21/h4-5,7-8H,6,16H2,1-3H3,(H,17,19). The Morgan fingerprint density at radius 2 is 2.14 bits per heavy atom. The number of nitrogen functional groups attached to an aromatic ring is 1. The summed E-state index contributed by atoms with van der Waals surface area (Å²) in [6.07, 6.45) is 2.59. The highest BCUT2D eigenvalue weighted by Gasteiger charge is 2.16. The van der Waals surface area contributed by atoms with E-state index in [9.17, 15) is 14.9 Å². The van der Waals surface area contributed by atoms with E-state index in [4.69, 9.17) is 22.1 Å². The molecular formula is C14H18ClN3O4. The van der Waals surface area contributed by atoms with Crippen molar-refractivity contribution in [1.82, 2.24) is 5.32 Å². The summed E-state index contributed by atoms with van der Waals surface area (Å²) in [6.45, 7) is 5.46. The van der Waals surface area contributed by atoms with E-state index in [1.807, 2.05) is 0 Å². The van der Waals surface area contributed by atoms with Crippen molar-refractivity contribution in [3.63, 3.8) is 0 Å². The van der Waals surface area contributed by atoms with Gasteiger partial charge in [-0.15, -0.1) is 0 Å². The van der Waals surface area contributed by atoms with Gasteiger partial charge in [-0.05, 0) is 26.8 Å². The van der Waals surface area contributed by atoms with Crippen LogP contribution in [0.4, 0.5) is 16.2 Å². The summed E-state index contributed by atoms with van der Waals surface area (Å²) in [7, 11) is 0. The Morgan fingerprint density at radius 1 is 1.50 bits per heavy atom. The molecule has 22 heavy (non-hydrogen) atoms. The van der Waals surface area contributed by atoms with Gasteiger partial charge in [0.05, 0.1) is 4.92 Å². The molecular weight excluding hydrogens is 310 g/mol. The van der Waals surface area contributed by atoms with Crippen molar-refractivity contribution in [3.8, 4) is 0 Å². The Balaban J connectivity index is 2.72. The number of nitrogens with two attached hydrogens (primary N) is 1. The number of anilines is 1. The van der Waals surface area contributed by atoms with E-state index in [-0.39, 0.29) is 22.9 Å². The van der Waals surface area contributed by atoms with Crippen LogP contribution in [0.25, 0.3) is 6.08 Å². The molecule has 1 aromatic rings. The van der Waals surface area contributed by atoms with E-state index in [1.54, 1.807) is 32.9 Å². The summed E-state index contributed by atoms with van der Waals surface area (Å²) in [5.74, 6) is 0. The number of nitro groups is 1. The molecule has 0 spiro atoms. The second kappa shape index (κ2) is 7.13. The van der Waals surface area contributed by atoms with Crippen LogP contribution in [-0.4, -0.2) is 23.2 Å². The molecule has 1 aromatic carbocycles. The van der Waals surface area contributed by atoms with Crippen LogP contribution in [0.2, 0.25) is 5.02 Å². The molecule has 0 atom stereocenters. The van der Waals surface area contributed by atoms with Crippen molar-refractivity contribution in [2.24, 2.45) is 0 Å². The first kappa shape index (κ1) is 17.8. The molecule has 0 aliphatic rings. The van der Waals surface area contributed by atoms with E-state index in [0.717, 1.165) is 0 Å². The molecule has 120 valence electrons. The summed E-state index contributed by atoms with van der Waals surface area (Å²) < 4.78 is 5.06. The third-order valence-corrected chi connectivity index (χ3v) is 2.63. The molecule has 0 fully saturated rings. The molecule has 8 heteroatoms. The topological polar surface area (TPSA) is 107 Å². The van der Waals surface area contributed by atoms with Crippen LogP contribution in [0, 0.1) is 10.1 Å². The van der Waals surface area contributed by atoms with Gasteiger partial charge < -0.3 is 15.8 Å². The first-order valence-electron chi connectivity index (χ1n) is 6.47.